The Morgan fingerprint density at radius 3 is 2.50 bits per heavy atom. The number of aromatic nitrogens is 2. The summed E-state index contributed by atoms with van der Waals surface area (Å²) in [5.41, 5.74) is 2.39. The SMILES string of the molecule is Cc1ccc(Oc2ccnc(Nc3ccc(S(=O)(=O)N(C)CCO)cc3)c2)c(C)n1. The van der Waals surface area contributed by atoms with E-state index in [0.717, 1.165) is 15.7 Å². The summed E-state index contributed by atoms with van der Waals surface area (Å²) in [6.07, 6.45) is 1.62. The lowest BCUT2D eigenvalue weighted by molar-refractivity contribution is 0.266. The smallest absolute Gasteiger partial charge is 0.242 e. The lowest BCUT2D eigenvalue weighted by Crippen LogP contribution is -2.29. The van der Waals surface area contributed by atoms with Crippen LogP contribution < -0.4 is 10.1 Å². The van der Waals surface area contributed by atoms with Crippen molar-refractivity contribution >= 4 is 21.5 Å². The molecular weight excluding hydrogens is 404 g/mol. The Morgan fingerprint density at radius 1 is 1.10 bits per heavy atom. The Bertz CT molecular complexity index is 1120. The Kier molecular flexibility index (Phi) is 6.66. The molecule has 0 radical (unpaired) electrons. The molecule has 2 N–H and O–H groups in total. The third-order valence-electron chi connectivity index (χ3n) is 4.39. The first kappa shape index (κ1) is 21.7. The van der Waals surface area contributed by atoms with E-state index in [2.05, 4.69) is 15.3 Å². The topological polar surface area (TPSA) is 105 Å². The van der Waals surface area contributed by atoms with Gasteiger partial charge in [-0.2, -0.15) is 4.31 Å². The summed E-state index contributed by atoms with van der Waals surface area (Å²) in [6.45, 7) is 3.61. The minimum atomic E-state index is -3.64. The van der Waals surface area contributed by atoms with Gasteiger partial charge >= 0.3 is 0 Å². The van der Waals surface area contributed by atoms with Crippen LogP contribution in [0, 0.1) is 13.8 Å². The first-order valence-electron chi connectivity index (χ1n) is 9.32. The molecule has 0 fully saturated rings. The highest BCUT2D eigenvalue weighted by molar-refractivity contribution is 7.89. The minimum Gasteiger partial charge on any atom is -0.455 e. The van der Waals surface area contributed by atoms with Crippen molar-refractivity contribution < 1.29 is 18.3 Å². The van der Waals surface area contributed by atoms with Gasteiger partial charge in [-0.3, -0.25) is 4.98 Å². The largest absolute Gasteiger partial charge is 0.455 e. The van der Waals surface area contributed by atoms with Crippen LogP contribution in [0.25, 0.3) is 0 Å². The summed E-state index contributed by atoms with van der Waals surface area (Å²) >= 11 is 0. The van der Waals surface area contributed by atoms with Crippen LogP contribution in [0.1, 0.15) is 11.4 Å². The Morgan fingerprint density at radius 2 is 1.83 bits per heavy atom. The van der Waals surface area contributed by atoms with Gasteiger partial charge in [0.05, 0.1) is 17.2 Å². The number of hydrogen-bond donors (Lipinski definition) is 2. The van der Waals surface area contributed by atoms with E-state index in [4.69, 9.17) is 9.84 Å². The molecule has 0 saturated carbocycles. The summed E-state index contributed by atoms with van der Waals surface area (Å²) in [4.78, 5) is 8.81. The van der Waals surface area contributed by atoms with Crippen molar-refractivity contribution in [2.45, 2.75) is 18.7 Å². The monoisotopic (exact) mass is 428 g/mol. The number of nitrogens with zero attached hydrogens (tertiary/aromatic N) is 3. The minimum absolute atomic E-state index is 0.0367. The number of ether oxygens (including phenoxy) is 1. The average molecular weight is 429 g/mol. The average Bonchev–Trinajstić information content (AvgIpc) is 2.71. The van der Waals surface area contributed by atoms with Crippen LogP contribution in [-0.4, -0.2) is 48.0 Å². The van der Waals surface area contributed by atoms with Gasteiger partial charge in [0.25, 0.3) is 0 Å². The van der Waals surface area contributed by atoms with Gasteiger partial charge in [0, 0.05) is 37.2 Å². The van der Waals surface area contributed by atoms with Gasteiger partial charge in [-0.05, 0) is 56.3 Å². The predicted octanol–water partition coefficient (Wildman–Crippen LogP) is 3.24. The fraction of sp³-hybridized carbons (Fsp3) is 0.238. The number of rotatable bonds is 8. The van der Waals surface area contributed by atoms with Gasteiger partial charge in [-0.1, -0.05) is 0 Å². The molecule has 2 heterocycles. The quantitative estimate of drug-likeness (QED) is 0.567. The Balaban J connectivity index is 1.73. The molecule has 0 amide bonds. The van der Waals surface area contributed by atoms with Gasteiger partial charge < -0.3 is 15.2 Å². The van der Waals surface area contributed by atoms with Gasteiger partial charge in [-0.15, -0.1) is 0 Å². The number of aliphatic hydroxyl groups excluding tert-OH is 1. The van der Waals surface area contributed by atoms with Gasteiger partial charge in [0.15, 0.2) is 0 Å². The first-order valence-corrected chi connectivity index (χ1v) is 10.8. The third-order valence-corrected chi connectivity index (χ3v) is 6.26. The lowest BCUT2D eigenvalue weighted by atomic mass is 10.3. The van der Waals surface area contributed by atoms with E-state index in [9.17, 15) is 8.42 Å². The molecule has 2 aromatic heterocycles. The second-order valence-corrected chi connectivity index (χ2v) is 8.76. The molecule has 0 spiro atoms. The molecule has 0 aliphatic heterocycles. The maximum Gasteiger partial charge on any atom is 0.242 e. The van der Waals surface area contributed by atoms with Crippen LogP contribution >= 0.6 is 0 Å². The normalized spacial score (nSPS) is 11.5. The maximum atomic E-state index is 12.4. The van der Waals surface area contributed by atoms with E-state index in [1.807, 2.05) is 26.0 Å². The van der Waals surface area contributed by atoms with Crippen molar-refractivity contribution in [3.8, 4) is 11.5 Å². The third kappa shape index (κ3) is 5.12. The van der Waals surface area contributed by atoms with Crippen molar-refractivity contribution in [3.05, 3.63) is 66.1 Å². The van der Waals surface area contributed by atoms with Crippen molar-refractivity contribution in [1.29, 1.82) is 0 Å². The highest BCUT2D eigenvalue weighted by atomic mass is 32.2. The summed E-state index contributed by atoms with van der Waals surface area (Å²) in [7, 11) is -2.21. The molecule has 30 heavy (non-hydrogen) atoms. The summed E-state index contributed by atoms with van der Waals surface area (Å²) in [5.74, 6) is 1.82. The summed E-state index contributed by atoms with van der Waals surface area (Å²) in [5, 5.41) is 12.1. The van der Waals surface area contributed by atoms with E-state index in [1.165, 1.54) is 19.2 Å². The molecule has 3 aromatic rings. The number of nitrogens with one attached hydrogen (secondary N) is 1. The van der Waals surface area contributed by atoms with E-state index in [1.54, 1.807) is 30.5 Å². The van der Waals surface area contributed by atoms with Crippen LogP contribution in [0.15, 0.2) is 59.6 Å². The number of aryl methyl sites for hydroxylation is 2. The molecule has 0 bridgehead atoms. The molecular formula is C21H24N4O4S. The molecule has 0 aliphatic carbocycles. The number of anilines is 2. The highest BCUT2D eigenvalue weighted by Crippen LogP contribution is 2.27. The van der Waals surface area contributed by atoms with Gasteiger partial charge in [0.1, 0.15) is 17.3 Å². The zero-order valence-corrected chi connectivity index (χ0v) is 17.8. The fourth-order valence-corrected chi connectivity index (χ4v) is 3.91. The number of benzene rings is 1. The second-order valence-electron chi connectivity index (χ2n) is 6.71. The zero-order valence-electron chi connectivity index (χ0n) is 17.0. The standard InChI is InChI=1S/C21H24N4O4S/c1-15-4-9-20(16(2)23-15)29-18-10-11-22-21(14-18)24-17-5-7-19(8-6-17)30(27,28)25(3)12-13-26/h4-11,14,26H,12-13H2,1-3H3,(H,22,24). The number of aliphatic hydroxyl groups is 1. The van der Waals surface area contributed by atoms with Gasteiger partial charge in [-0.25, -0.2) is 13.4 Å². The van der Waals surface area contributed by atoms with Crippen molar-refractivity contribution in [2.24, 2.45) is 0 Å². The molecule has 158 valence electrons. The second kappa shape index (κ2) is 9.21. The first-order chi connectivity index (χ1) is 14.3. The van der Waals surface area contributed by atoms with Crippen LogP contribution in [0.5, 0.6) is 11.5 Å². The molecule has 0 unspecified atom stereocenters. The zero-order chi connectivity index (χ0) is 21.7. The fourth-order valence-electron chi connectivity index (χ4n) is 2.75. The van der Waals surface area contributed by atoms with Crippen molar-refractivity contribution in [3.63, 3.8) is 0 Å². The number of hydrogen-bond acceptors (Lipinski definition) is 7. The molecule has 8 nitrogen and oxygen atoms in total. The molecule has 0 aliphatic rings. The van der Waals surface area contributed by atoms with Crippen LogP contribution in [-0.2, 0) is 10.0 Å². The van der Waals surface area contributed by atoms with Crippen LogP contribution in [0.2, 0.25) is 0 Å². The molecule has 0 atom stereocenters. The molecule has 3 rings (SSSR count). The molecule has 9 heteroatoms. The highest BCUT2D eigenvalue weighted by Gasteiger charge is 2.19. The number of pyridine rings is 2. The maximum absolute atomic E-state index is 12.4. The number of likely N-dealkylation sites (N-methyl/N-ethyl adjacent to an activating group) is 1. The van der Waals surface area contributed by atoms with Crippen molar-refractivity contribution in [2.75, 3.05) is 25.5 Å². The molecule has 0 saturated heterocycles. The van der Waals surface area contributed by atoms with Crippen molar-refractivity contribution in [1.82, 2.24) is 14.3 Å². The lowest BCUT2D eigenvalue weighted by Gasteiger charge is -2.16. The van der Waals surface area contributed by atoms with E-state index in [0.29, 0.717) is 23.0 Å². The van der Waals surface area contributed by atoms with E-state index in [-0.39, 0.29) is 18.0 Å². The summed E-state index contributed by atoms with van der Waals surface area (Å²) < 4.78 is 31.9. The Labute approximate surface area is 176 Å². The van der Waals surface area contributed by atoms with Crippen LogP contribution in [0.3, 0.4) is 0 Å². The van der Waals surface area contributed by atoms with Crippen LogP contribution in [0.4, 0.5) is 11.5 Å². The predicted molar refractivity (Wildman–Crippen MR) is 115 cm³/mol. The summed E-state index contributed by atoms with van der Waals surface area (Å²) in [6, 6.07) is 13.6. The van der Waals surface area contributed by atoms with E-state index < -0.39 is 10.0 Å². The molecule has 1 aromatic carbocycles. The number of sulfonamides is 1. The van der Waals surface area contributed by atoms with Gasteiger partial charge in [0.2, 0.25) is 10.0 Å². The van der Waals surface area contributed by atoms with E-state index >= 15 is 0 Å². The Hall–Kier alpha value is -3.01.